The Hall–Kier alpha value is -1.14. The lowest BCUT2D eigenvalue weighted by molar-refractivity contribution is 0.0702. The van der Waals surface area contributed by atoms with E-state index in [4.69, 9.17) is 5.11 Å². The van der Waals surface area contributed by atoms with Crippen molar-refractivity contribution in [1.29, 1.82) is 0 Å². The van der Waals surface area contributed by atoms with Gasteiger partial charge in [-0.3, -0.25) is 0 Å². The number of carboxylic acids is 1. The van der Waals surface area contributed by atoms with Crippen LogP contribution in [0, 0.1) is 0 Å². The summed E-state index contributed by atoms with van der Waals surface area (Å²) in [5.41, 5.74) is 0. The van der Waals surface area contributed by atoms with Crippen LogP contribution in [-0.4, -0.2) is 47.1 Å². The Morgan fingerprint density at radius 3 is 2.88 bits per heavy atom. The second-order valence-electron chi connectivity index (χ2n) is 4.19. The van der Waals surface area contributed by atoms with Crippen LogP contribution < -0.4 is 5.32 Å². The molecule has 1 heterocycles. The molecule has 0 aliphatic carbocycles. The number of aromatic carboxylic acids is 1. The highest BCUT2D eigenvalue weighted by atomic mass is 32.1. The highest BCUT2D eigenvalue weighted by Gasteiger charge is 2.08. The molecule has 2 N–H and O–H groups in total. The minimum Gasteiger partial charge on any atom is -0.477 e. The van der Waals surface area contributed by atoms with Gasteiger partial charge in [-0.1, -0.05) is 11.3 Å². The van der Waals surface area contributed by atoms with Gasteiger partial charge in [-0.25, -0.2) is 9.78 Å². The lowest BCUT2D eigenvalue weighted by Gasteiger charge is -2.20. The molecule has 0 saturated carbocycles. The van der Waals surface area contributed by atoms with Gasteiger partial charge in [-0.05, 0) is 33.9 Å². The fourth-order valence-electron chi connectivity index (χ4n) is 1.24. The number of carbonyl (C=O) groups is 1. The van der Waals surface area contributed by atoms with Crippen LogP contribution in [-0.2, 0) is 0 Å². The van der Waals surface area contributed by atoms with Gasteiger partial charge < -0.3 is 15.3 Å². The van der Waals surface area contributed by atoms with Crippen molar-refractivity contribution in [2.24, 2.45) is 0 Å². The molecule has 1 aromatic heterocycles. The third-order valence-corrected chi connectivity index (χ3v) is 3.50. The molecule has 0 spiro atoms. The topological polar surface area (TPSA) is 65.5 Å². The smallest absolute Gasteiger partial charge is 0.347 e. The first-order valence-electron chi connectivity index (χ1n) is 5.64. The summed E-state index contributed by atoms with van der Waals surface area (Å²) in [6.07, 6.45) is 2.40. The van der Waals surface area contributed by atoms with Crippen LogP contribution in [0.4, 0.5) is 5.13 Å². The minimum absolute atomic E-state index is 0.270. The van der Waals surface area contributed by atoms with Crippen LogP contribution in [0.15, 0.2) is 6.20 Å². The van der Waals surface area contributed by atoms with E-state index in [-0.39, 0.29) is 4.88 Å². The van der Waals surface area contributed by atoms with Crippen LogP contribution in [0.1, 0.15) is 29.9 Å². The number of hydrogen-bond donors (Lipinski definition) is 2. The monoisotopic (exact) mass is 257 g/mol. The molecule has 1 aromatic rings. The summed E-state index contributed by atoms with van der Waals surface area (Å²) in [6, 6.07) is 0.550. The van der Waals surface area contributed by atoms with E-state index in [1.54, 1.807) is 0 Å². The second-order valence-corrected chi connectivity index (χ2v) is 5.22. The summed E-state index contributed by atoms with van der Waals surface area (Å²) in [5, 5.41) is 12.5. The van der Waals surface area contributed by atoms with E-state index in [0.717, 1.165) is 19.5 Å². The number of aromatic nitrogens is 1. The number of rotatable bonds is 7. The van der Waals surface area contributed by atoms with Crippen molar-refractivity contribution in [1.82, 2.24) is 9.88 Å². The first-order valence-corrected chi connectivity index (χ1v) is 6.45. The Kier molecular flexibility index (Phi) is 5.37. The molecule has 0 atom stereocenters. The summed E-state index contributed by atoms with van der Waals surface area (Å²) >= 11 is 1.17. The van der Waals surface area contributed by atoms with E-state index in [1.165, 1.54) is 17.5 Å². The third kappa shape index (κ3) is 4.70. The number of nitrogens with one attached hydrogen (secondary N) is 1. The fourth-order valence-corrected chi connectivity index (χ4v) is 1.92. The lowest BCUT2D eigenvalue weighted by atomic mass is 10.3. The molecule has 17 heavy (non-hydrogen) atoms. The first-order chi connectivity index (χ1) is 8.00. The number of nitrogens with zero attached hydrogens (tertiary/aromatic N) is 2. The maximum atomic E-state index is 10.6. The Morgan fingerprint density at radius 1 is 1.65 bits per heavy atom. The predicted molar refractivity (Wildman–Crippen MR) is 69.9 cm³/mol. The van der Waals surface area contributed by atoms with E-state index in [1.807, 2.05) is 0 Å². The van der Waals surface area contributed by atoms with Gasteiger partial charge >= 0.3 is 5.97 Å². The van der Waals surface area contributed by atoms with E-state index in [9.17, 15) is 4.79 Å². The largest absolute Gasteiger partial charge is 0.477 e. The van der Waals surface area contributed by atoms with Gasteiger partial charge in [0.1, 0.15) is 4.88 Å². The van der Waals surface area contributed by atoms with Crippen molar-refractivity contribution < 1.29 is 9.90 Å². The summed E-state index contributed by atoms with van der Waals surface area (Å²) in [4.78, 5) is 17.2. The van der Waals surface area contributed by atoms with Crippen LogP contribution >= 0.6 is 11.3 Å². The maximum Gasteiger partial charge on any atom is 0.347 e. The van der Waals surface area contributed by atoms with Crippen molar-refractivity contribution in [2.75, 3.05) is 25.5 Å². The predicted octanol–water partition coefficient (Wildman–Crippen LogP) is 1.98. The molecular formula is C11H19N3O2S. The van der Waals surface area contributed by atoms with Crippen LogP contribution in [0.2, 0.25) is 0 Å². The number of anilines is 1. The summed E-state index contributed by atoms with van der Waals surface area (Å²) in [5.74, 6) is -0.921. The van der Waals surface area contributed by atoms with Crippen molar-refractivity contribution in [3.63, 3.8) is 0 Å². The molecule has 5 nitrogen and oxygen atoms in total. The van der Waals surface area contributed by atoms with Gasteiger partial charge in [0, 0.05) is 12.6 Å². The molecule has 6 heteroatoms. The Balaban J connectivity index is 2.24. The van der Waals surface area contributed by atoms with E-state index in [0.29, 0.717) is 11.2 Å². The Bertz CT molecular complexity index is 365. The Labute approximate surface area is 105 Å². The Morgan fingerprint density at radius 2 is 2.35 bits per heavy atom. The molecule has 0 bridgehead atoms. The van der Waals surface area contributed by atoms with Gasteiger partial charge in [0.2, 0.25) is 0 Å². The summed E-state index contributed by atoms with van der Waals surface area (Å²) in [7, 11) is 2.09. The molecule has 96 valence electrons. The molecule has 0 aromatic carbocycles. The van der Waals surface area contributed by atoms with Gasteiger partial charge in [-0.2, -0.15) is 0 Å². The number of carboxylic acid groups (broad SMARTS) is 1. The van der Waals surface area contributed by atoms with Crippen molar-refractivity contribution >= 4 is 22.4 Å². The molecule has 0 saturated heterocycles. The van der Waals surface area contributed by atoms with E-state index < -0.39 is 5.97 Å². The zero-order valence-electron chi connectivity index (χ0n) is 10.4. The van der Waals surface area contributed by atoms with E-state index in [2.05, 4.69) is 36.1 Å². The maximum absolute atomic E-state index is 10.6. The number of hydrogen-bond acceptors (Lipinski definition) is 5. The van der Waals surface area contributed by atoms with Crippen molar-refractivity contribution in [3.8, 4) is 0 Å². The highest BCUT2D eigenvalue weighted by Crippen LogP contribution is 2.17. The molecule has 1 rings (SSSR count). The zero-order chi connectivity index (χ0) is 12.8. The van der Waals surface area contributed by atoms with Crippen molar-refractivity contribution in [3.05, 3.63) is 11.1 Å². The molecule has 0 unspecified atom stereocenters. The minimum atomic E-state index is -0.921. The average molecular weight is 257 g/mol. The molecular weight excluding hydrogens is 238 g/mol. The standard InChI is InChI=1S/C11H19N3O2S/c1-8(2)14(3)6-4-5-12-11-13-7-9(17-11)10(15)16/h7-8H,4-6H2,1-3H3,(H,12,13)(H,15,16). The normalized spacial score (nSPS) is 11.1. The molecule has 0 amide bonds. The molecule has 0 fully saturated rings. The van der Waals surface area contributed by atoms with Gasteiger partial charge in [0.25, 0.3) is 0 Å². The van der Waals surface area contributed by atoms with Gasteiger partial charge in [0.15, 0.2) is 5.13 Å². The van der Waals surface area contributed by atoms with Crippen LogP contribution in [0.3, 0.4) is 0 Å². The zero-order valence-corrected chi connectivity index (χ0v) is 11.3. The molecule has 0 radical (unpaired) electrons. The first kappa shape index (κ1) is 13.9. The summed E-state index contributed by atoms with van der Waals surface area (Å²) in [6.45, 7) is 6.15. The van der Waals surface area contributed by atoms with Crippen LogP contribution in [0.5, 0.6) is 0 Å². The summed E-state index contributed by atoms with van der Waals surface area (Å²) < 4.78 is 0. The van der Waals surface area contributed by atoms with Gasteiger partial charge in [0.05, 0.1) is 6.20 Å². The molecule has 0 aliphatic heterocycles. The van der Waals surface area contributed by atoms with Gasteiger partial charge in [-0.15, -0.1) is 0 Å². The average Bonchev–Trinajstić information content (AvgIpc) is 2.72. The van der Waals surface area contributed by atoms with Crippen LogP contribution in [0.25, 0.3) is 0 Å². The second kappa shape index (κ2) is 6.56. The van der Waals surface area contributed by atoms with Crippen molar-refractivity contribution in [2.45, 2.75) is 26.3 Å². The third-order valence-electron chi connectivity index (χ3n) is 2.56. The molecule has 0 aliphatic rings. The number of thiazole rings is 1. The quantitative estimate of drug-likeness (QED) is 0.731. The van der Waals surface area contributed by atoms with E-state index >= 15 is 0 Å². The highest BCUT2D eigenvalue weighted by molar-refractivity contribution is 7.17. The SMILES string of the molecule is CC(C)N(C)CCCNc1ncc(C(=O)O)s1. The lowest BCUT2D eigenvalue weighted by Crippen LogP contribution is -2.28. The fraction of sp³-hybridized carbons (Fsp3) is 0.636.